The summed E-state index contributed by atoms with van der Waals surface area (Å²) in [6.45, 7) is 13.6. The molecule has 0 saturated carbocycles. The highest BCUT2D eigenvalue weighted by Gasteiger charge is 2.39. The van der Waals surface area contributed by atoms with Crippen molar-refractivity contribution in [2.24, 2.45) is 0 Å². The molecule has 32 heavy (non-hydrogen) atoms. The zero-order valence-corrected chi connectivity index (χ0v) is 21.7. The van der Waals surface area contributed by atoms with Crippen LogP contribution in [0.2, 0.25) is 0 Å². The fraction of sp³-hybridized carbons (Fsp3) is 0.571. The molecule has 1 heterocycles. The van der Waals surface area contributed by atoms with Crippen molar-refractivity contribution in [1.29, 1.82) is 0 Å². The molecule has 1 atom stereocenters. The zero-order valence-electron chi connectivity index (χ0n) is 20.8. The first-order valence-corrected chi connectivity index (χ1v) is 13.9. The van der Waals surface area contributed by atoms with E-state index in [2.05, 4.69) is 53.7 Å². The summed E-state index contributed by atoms with van der Waals surface area (Å²) in [6, 6.07) is 11.9. The third kappa shape index (κ3) is 5.15. The molecule has 176 valence electrons. The van der Waals surface area contributed by atoms with Crippen LogP contribution in [0, 0.1) is 0 Å². The van der Waals surface area contributed by atoms with Crippen molar-refractivity contribution in [3.8, 4) is 16.9 Å². The molecular formula is C28H41O3P. The first-order chi connectivity index (χ1) is 15.0. The minimum absolute atomic E-state index is 0.0216. The Hall–Kier alpha value is -1.57. The van der Waals surface area contributed by atoms with E-state index in [1.165, 1.54) is 37.7 Å². The van der Waals surface area contributed by atoms with Crippen molar-refractivity contribution in [3.63, 3.8) is 0 Å². The van der Waals surface area contributed by atoms with Crippen molar-refractivity contribution in [2.45, 2.75) is 104 Å². The van der Waals surface area contributed by atoms with Crippen LogP contribution in [-0.4, -0.2) is 4.89 Å². The quantitative estimate of drug-likeness (QED) is 0.289. The Bertz CT molecular complexity index is 990. The zero-order chi connectivity index (χ0) is 23.6. The van der Waals surface area contributed by atoms with E-state index < -0.39 is 7.60 Å². The van der Waals surface area contributed by atoms with Crippen molar-refractivity contribution in [2.75, 3.05) is 0 Å². The molecule has 2 aromatic carbocycles. The first kappa shape index (κ1) is 25.1. The van der Waals surface area contributed by atoms with Gasteiger partial charge in [0.05, 0.1) is 5.30 Å². The Morgan fingerprint density at radius 1 is 0.844 bits per heavy atom. The number of hydrogen-bond acceptors (Lipinski definition) is 2. The minimum atomic E-state index is -3.91. The van der Waals surface area contributed by atoms with E-state index in [-0.39, 0.29) is 10.8 Å². The molecule has 0 amide bonds. The summed E-state index contributed by atoms with van der Waals surface area (Å²) in [5.74, 6) is 0.601. The van der Waals surface area contributed by atoms with E-state index in [1.807, 2.05) is 18.2 Å². The largest absolute Gasteiger partial charge is 0.420 e. The fourth-order valence-corrected chi connectivity index (χ4v) is 6.17. The van der Waals surface area contributed by atoms with Crippen LogP contribution in [0.1, 0.15) is 104 Å². The van der Waals surface area contributed by atoms with Gasteiger partial charge in [-0.05, 0) is 41.4 Å². The first-order valence-electron chi connectivity index (χ1n) is 12.3. The lowest BCUT2D eigenvalue weighted by atomic mass is 9.73. The monoisotopic (exact) mass is 456 g/mol. The van der Waals surface area contributed by atoms with Gasteiger partial charge in [0.2, 0.25) is 0 Å². The van der Waals surface area contributed by atoms with E-state index in [0.29, 0.717) is 11.1 Å². The van der Waals surface area contributed by atoms with E-state index >= 15 is 0 Å². The van der Waals surface area contributed by atoms with Gasteiger partial charge < -0.3 is 9.42 Å². The fourth-order valence-electron chi connectivity index (χ4n) is 4.85. The topological polar surface area (TPSA) is 46.5 Å². The lowest BCUT2D eigenvalue weighted by Crippen LogP contribution is -2.25. The maximum Gasteiger partial charge on any atom is 0.408 e. The van der Waals surface area contributed by atoms with Gasteiger partial charge >= 0.3 is 7.60 Å². The number of benzene rings is 2. The second-order valence-electron chi connectivity index (χ2n) is 10.7. The second kappa shape index (κ2) is 9.74. The van der Waals surface area contributed by atoms with Gasteiger partial charge in [-0.1, -0.05) is 104 Å². The van der Waals surface area contributed by atoms with Crippen molar-refractivity contribution >= 4 is 12.9 Å². The van der Waals surface area contributed by atoms with Crippen LogP contribution in [-0.2, 0) is 15.4 Å². The van der Waals surface area contributed by atoms with Crippen LogP contribution >= 0.6 is 7.60 Å². The molecule has 3 nitrogen and oxygen atoms in total. The van der Waals surface area contributed by atoms with Crippen LogP contribution in [0.4, 0.5) is 0 Å². The molecule has 1 aliphatic heterocycles. The van der Waals surface area contributed by atoms with Crippen LogP contribution in [0.3, 0.4) is 0 Å². The highest BCUT2D eigenvalue weighted by molar-refractivity contribution is 7.62. The molecule has 0 saturated heterocycles. The predicted octanol–water partition coefficient (Wildman–Crippen LogP) is 8.27. The summed E-state index contributed by atoms with van der Waals surface area (Å²) in [5.41, 5.74) is 4.01. The van der Waals surface area contributed by atoms with Crippen LogP contribution in [0.15, 0.2) is 36.4 Å². The third-order valence-corrected chi connectivity index (χ3v) is 8.55. The molecule has 0 bridgehead atoms. The highest BCUT2D eigenvalue weighted by atomic mass is 31.2. The summed E-state index contributed by atoms with van der Waals surface area (Å²) >= 11 is 0. The predicted molar refractivity (Wildman–Crippen MR) is 136 cm³/mol. The highest BCUT2D eigenvalue weighted by Crippen LogP contribution is 2.56. The molecule has 0 aliphatic carbocycles. The van der Waals surface area contributed by atoms with Gasteiger partial charge in [-0.15, -0.1) is 0 Å². The second-order valence-corrected chi connectivity index (χ2v) is 12.4. The van der Waals surface area contributed by atoms with Gasteiger partial charge in [0.25, 0.3) is 0 Å². The Balaban J connectivity index is 2.19. The molecule has 3 rings (SSSR count). The lowest BCUT2D eigenvalue weighted by Gasteiger charge is -2.35. The van der Waals surface area contributed by atoms with Gasteiger partial charge in [-0.25, -0.2) is 4.57 Å². The smallest absolute Gasteiger partial charge is 0.408 e. The van der Waals surface area contributed by atoms with E-state index in [1.54, 1.807) is 6.07 Å². The lowest BCUT2D eigenvalue weighted by molar-refractivity contribution is 0.378. The normalized spacial score (nSPS) is 18.1. The number of hydrogen-bond donors (Lipinski definition) is 1. The van der Waals surface area contributed by atoms with Gasteiger partial charge in [0, 0.05) is 16.7 Å². The Kier molecular flexibility index (Phi) is 7.62. The number of rotatable bonds is 10. The Morgan fingerprint density at radius 2 is 1.44 bits per heavy atom. The third-order valence-electron chi connectivity index (χ3n) is 7.12. The van der Waals surface area contributed by atoms with E-state index in [4.69, 9.17) is 4.52 Å². The van der Waals surface area contributed by atoms with E-state index in [0.717, 1.165) is 36.0 Å². The van der Waals surface area contributed by atoms with Gasteiger partial charge in [0.1, 0.15) is 5.75 Å². The Labute approximate surface area is 195 Å². The molecule has 1 N–H and O–H groups in total. The molecule has 4 heteroatoms. The summed E-state index contributed by atoms with van der Waals surface area (Å²) < 4.78 is 19.1. The van der Waals surface area contributed by atoms with E-state index in [9.17, 15) is 9.46 Å². The number of fused-ring (bicyclic) bond motifs is 3. The minimum Gasteiger partial charge on any atom is -0.420 e. The van der Waals surface area contributed by atoms with Gasteiger partial charge in [-0.3, -0.25) is 0 Å². The molecule has 0 fully saturated rings. The summed E-state index contributed by atoms with van der Waals surface area (Å²) in [5, 5.41) is 0.406. The maximum atomic E-state index is 13.1. The summed E-state index contributed by atoms with van der Waals surface area (Å²) in [4.78, 5) is 10.8. The van der Waals surface area contributed by atoms with Crippen LogP contribution < -0.4 is 9.83 Å². The SMILES string of the molecule is CCCCCC(C)(C)c1cc2c(c(C(C)(C)CCCCC)c1)OP(=O)(O)c1ccccc1-2. The average molecular weight is 457 g/mol. The van der Waals surface area contributed by atoms with Crippen molar-refractivity contribution in [3.05, 3.63) is 47.5 Å². The van der Waals surface area contributed by atoms with Gasteiger partial charge in [0.15, 0.2) is 0 Å². The molecule has 0 radical (unpaired) electrons. The molecule has 1 unspecified atom stereocenters. The Morgan fingerprint density at radius 3 is 2.06 bits per heavy atom. The molecular weight excluding hydrogens is 415 g/mol. The summed E-state index contributed by atoms with van der Waals surface area (Å²) in [7, 11) is -3.91. The average Bonchev–Trinajstić information content (AvgIpc) is 2.73. The molecule has 0 aromatic heterocycles. The summed E-state index contributed by atoms with van der Waals surface area (Å²) in [6.07, 6.45) is 9.30. The van der Waals surface area contributed by atoms with Crippen LogP contribution in [0.5, 0.6) is 5.75 Å². The van der Waals surface area contributed by atoms with Crippen molar-refractivity contribution in [1.82, 2.24) is 0 Å². The molecule has 0 spiro atoms. The van der Waals surface area contributed by atoms with Crippen molar-refractivity contribution < 1.29 is 14.0 Å². The van der Waals surface area contributed by atoms with Crippen LogP contribution in [0.25, 0.3) is 11.1 Å². The van der Waals surface area contributed by atoms with Gasteiger partial charge in [-0.2, -0.15) is 0 Å². The molecule has 1 aliphatic rings. The molecule has 2 aromatic rings. The number of unbranched alkanes of at least 4 members (excludes halogenated alkanes) is 4. The standard InChI is InChI=1S/C28H41O3P/c1-7-9-13-17-27(3,4)21-19-23-22-15-11-12-16-25(22)32(29,30)31-26(23)24(20-21)28(5,6)18-14-10-8-2/h11-12,15-16,19-20H,7-10,13-14,17-18H2,1-6H3,(H,29,30). The maximum absolute atomic E-state index is 13.1.